The average molecular weight is 208 g/mol. The second-order valence-electron chi connectivity index (χ2n) is 3.80. The van der Waals surface area contributed by atoms with Crippen molar-refractivity contribution in [2.45, 2.75) is 40.0 Å². The van der Waals surface area contributed by atoms with E-state index in [4.69, 9.17) is 4.74 Å². The van der Waals surface area contributed by atoms with E-state index in [2.05, 4.69) is 33.9 Å². The number of hydrogen-bond donors (Lipinski definition) is 0. The first-order chi connectivity index (χ1) is 7.19. The molecule has 0 amide bonds. The second-order valence-corrected chi connectivity index (χ2v) is 3.80. The van der Waals surface area contributed by atoms with Gasteiger partial charge in [-0.1, -0.05) is 46.4 Å². The fraction of sp³-hybridized carbons (Fsp3) is 0.571. The molecule has 0 aromatic carbocycles. The Hall–Kier alpha value is -0.980. The summed E-state index contributed by atoms with van der Waals surface area (Å²) < 4.78 is 5.70. The van der Waals surface area contributed by atoms with E-state index >= 15 is 0 Å². The van der Waals surface area contributed by atoms with E-state index in [9.17, 15) is 0 Å². The lowest BCUT2D eigenvalue weighted by molar-refractivity contribution is 0.200. The van der Waals surface area contributed by atoms with Crippen molar-refractivity contribution in [1.29, 1.82) is 0 Å². The lowest BCUT2D eigenvalue weighted by Crippen LogP contribution is -2.01. The first-order valence-corrected chi connectivity index (χ1v) is 5.80. The van der Waals surface area contributed by atoms with Gasteiger partial charge in [-0.2, -0.15) is 0 Å². The van der Waals surface area contributed by atoms with Crippen LogP contribution < -0.4 is 0 Å². The Bertz CT molecular complexity index is 225. The molecule has 1 atom stereocenters. The minimum atomic E-state index is 0.727. The highest BCUT2D eigenvalue weighted by Gasteiger charge is 2.02. The van der Waals surface area contributed by atoms with Crippen LogP contribution in [0.2, 0.25) is 0 Å². The van der Waals surface area contributed by atoms with Gasteiger partial charge in [0.05, 0.1) is 6.61 Å². The third-order valence-electron chi connectivity index (χ3n) is 2.69. The Morgan fingerprint density at radius 3 is 2.33 bits per heavy atom. The fourth-order valence-corrected chi connectivity index (χ4v) is 1.28. The zero-order valence-electron chi connectivity index (χ0n) is 10.4. The van der Waals surface area contributed by atoms with Crippen LogP contribution in [0.4, 0.5) is 0 Å². The van der Waals surface area contributed by atoms with Crippen LogP contribution in [-0.4, -0.2) is 6.61 Å². The van der Waals surface area contributed by atoms with E-state index in [-0.39, 0.29) is 0 Å². The number of hydrogen-bond acceptors (Lipinski definition) is 1. The summed E-state index contributed by atoms with van der Waals surface area (Å²) in [7, 11) is 0. The Morgan fingerprint density at radius 2 is 1.93 bits per heavy atom. The van der Waals surface area contributed by atoms with Gasteiger partial charge in [0.25, 0.3) is 0 Å². The van der Waals surface area contributed by atoms with E-state index in [1.165, 1.54) is 6.42 Å². The highest BCUT2D eigenvalue weighted by Crippen LogP contribution is 2.14. The summed E-state index contributed by atoms with van der Waals surface area (Å²) in [5, 5.41) is 0. The van der Waals surface area contributed by atoms with Crippen LogP contribution in [-0.2, 0) is 4.74 Å². The third-order valence-corrected chi connectivity index (χ3v) is 2.69. The maximum absolute atomic E-state index is 5.70. The summed E-state index contributed by atoms with van der Waals surface area (Å²) in [4.78, 5) is 0. The van der Waals surface area contributed by atoms with Gasteiger partial charge in [0.2, 0.25) is 0 Å². The summed E-state index contributed by atoms with van der Waals surface area (Å²) in [6.07, 6.45) is 6.87. The van der Waals surface area contributed by atoms with E-state index in [1.807, 2.05) is 6.08 Å². The van der Waals surface area contributed by atoms with Crippen LogP contribution in [0.15, 0.2) is 36.6 Å². The van der Waals surface area contributed by atoms with Gasteiger partial charge in [-0.15, -0.1) is 0 Å². The summed E-state index contributed by atoms with van der Waals surface area (Å²) in [6, 6.07) is 0. The van der Waals surface area contributed by atoms with Crippen LogP contribution in [0, 0.1) is 5.92 Å². The van der Waals surface area contributed by atoms with Crippen LogP contribution in [0.5, 0.6) is 0 Å². The van der Waals surface area contributed by atoms with Gasteiger partial charge in [0.15, 0.2) is 0 Å². The normalized spacial score (nSPS) is 14.1. The van der Waals surface area contributed by atoms with Crippen LogP contribution >= 0.6 is 0 Å². The lowest BCUT2D eigenvalue weighted by Gasteiger charge is -2.12. The molecule has 0 spiro atoms. The molecule has 0 aromatic heterocycles. The molecule has 0 bridgehead atoms. The lowest BCUT2D eigenvalue weighted by atomic mass is 10.1. The largest absolute Gasteiger partial charge is 0.493 e. The molecule has 0 saturated carbocycles. The predicted octanol–water partition coefficient (Wildman–Crippen LogP) is 4.48. The first kappa shape index (κ1) is 14.0. The van der Waals surface area contributed by atoms with Crippen LogP contribution in [0.25, 0.3) is 0 Å². The van der Waals surface area contributed by atoms with Crippen molar-refractivity contribution in [2.24, 2.45) is 5.92 Å². The van der Waals surface area contributed by atoms with E-state index in [0.717, 1.165) is 36.7 Å². The van der Waals surface area contributed by atoms with Crippen molar-refractivity contribution in [1.82, 2.24) is 0 Å². The second kappa shape index (κ2) is 8.34. The molecule has 0 aliphatic rings. The summed E-state index contributed by atoms with van der Waals surface area (Å²) in [5.41, 5.74) is 1.13. The van der Waals surface area contributed by atoms with Crippen molar-refractivity contribution in [3.8, 4) is 0 Å². The molecule has 0 heterocycles. The highest BCUT2D eigenvalue weighted by molar-refractivity contribution is 5.26. The Morgan fingerprint density at radius 1 is 1.27 bits per heavy atom. The molecule has 0 N–H and O–H groups in total. The standard InChI is InChI=1S/C14H24O/c1-6-12(5)10-11-15-14(9-4)13(7-2)8-3/h7,9,12H,2,4,6,8,10-11H2,1,3,5H3/b14-13-. The third kappa shape index (κ3) is 5.46. The van der Waals surface area contributed by atoms with Gasteiger partial charge in [0, 0.05) is 0 Å². The topological polar surface area (TPSA) is 9.23 Å². The molecule has 0 aromatic rings. The van der Waals surface area contributed by atoms with Crippen molar-refractivity contribution in [3.05, 3.63) is 36.6 Å². The summed E-state index contributed by atoms with van der Waals surface area (Å²) in [6.45, 7) is 14.9. The quantitative estimate of drug-likeness (QED) is 0.422. The van der Waals surface area contributed by atoms with Crippen molar-refractivity contribution in [3.63, 3.8) is 0 Å². The van der Waals surface area contributed by atoms with Crippen LogP contribution in [0.1, 0.15) is 40.0 Å². The fourth-order valence-electron chi connectivity index (χ4n) is 1.28. The number of allylic oxidation sites excluding steroid dienone is 3. The first-order valence-electron chi connectivity index (χ1n) is 5.80. The van der Waals surface area contributed by atoms with Gasteiger partial charge in [-0.05, 0) is 30.4 Å². The molecule has 0 rings (SSSR count). The molecular weight excluding hydrogens is 184 g/mol. The zero-order valence-corrected chi connectivity index (χ0v) is 10.4. The van der Waals surface area contributed by atoms with Gasteiger partial charge in [0.1, 0.15) is 5.76 Å². The van der Waals surface area contributed by atoms with Gasteiger partial charge < -0.3 is 4.74 Å². The van der Waals surface area contributed by atoms with E-state index in [1.54, 1.807) is 6.08 Å². The van der Waals surface area contributed by atoms with E-state index < -0.39 is 0 Å². The van der Waals surface area contributed by atoms with Gasteiger partial charge in [-0.25, -0.2) is 0 Å². The van der Waals surface area contributed by atoms with Gasteiger partial charge in [-0.3, -0.25) is 0 Å². The zero-order chi connectivity index (χ0) is 11.7. The molecule has 1 unspecified atom stereocenters. The number of rotatable bonds is 8. The predicted molar refractivity (Wildman–Crippen MR) is 67.7 cm³/mol. The van der Waals surface area contributed by atoms with Crippen molar-refractivity contribution >= 4 is 0 Å². The molecule has 1 heteroatoms. The molecule has 0 saturated heterocycles. The molecule has 1 nitrogen and oxygen atoms in total. The monoisotopic (exact) mass is 208 g/mol. The molecular formula is C14H24O. The highest BCUT2D eigenvalue weighted by atomic mass is 16.5. The van der Waals surface area contributed by atoms with Crippen molar-refractivity contribution < 1.29 is 4.74 Å². The minimum absolute atomic E-state index is 0.727. The molecule has 0 fully saturated rings. The van der Waals surface area contributed by atoms with Crippen molar-refractivity contribution in [2.75, 3.05) is 6.61 Å². The minimum Gasteiger partial charge on any atom is -0.493 e. The molecule has 0 radical (unpaired) electrons. The Balaban J connectivity index is 4.16. The molecule has 0 aliphatic heterocycles. The Kier molecular flexibility index (Phi) is 7.79. The summed E-state index contributed by atoms with van der Waals surface area (Å²) >= 11 is 0. The maximum Gasteiger partial charge on any atom is 0.121 e. The maximum atomic E-state index is 5.70. The molecule has 15 heavy (non-hydrogen) atoms. The van der Waals surface area contributed by atoms with Gasteiger partial charge >= 0.3 is 0 Å². The SMILES string of the molecule is C=C/C(CC)=C(\C=C)OCCC(C)CC. The number of ether oxygens (including phenoxy) is 1. The molecule has 86 valence electrons. The summed E-state index contributed by atoms with van der Waals surface area (Å²) in [5.74, 6) is 1.61. The van der Waals surface area contributed by atoms with Crippen LogP contribution in [0.3, 0.4) is 0 Å². The average Bonchev–Trinajstić information content (AvgIpc) is 2.27. The Labute approximate surface area is 94.5 Å². The molecule has 0 aliphatic carbocycles. The van der Waals surface area contributed by atoms with E-state index in [0.29, 0.717) is 0 Å². The smallest absolute Gasteiger partial charge is 0.121 e.